The number of rotatable bonds is 3. The first kappa shape index (κ1) is 20.0. The van der Waals surface area contributed by atoms with Crippen molar-refractivity contribution >= 4 is 11.9 Å². The summed E-state index contributed by atoms with van der Waals surface area (Å²) >= 11 is 0. The molecular formula is C24H36O4. The van der Waals surface area contributed by atoms with Crippen LogP contribution in [0.2, 0.25) is 0 Å². The van der Waals surface area contributed by atoms with Crippen LogP contribution in [0.3, 0.4) is 0 Å². The third kappa shape index (κ3) is 2.85. The zero-order chi connectivity index (χ0) is 20.4. The van der Waals surface area contributed by atoms with Gasteiger partial charge in [-0.1, -0.05) is 39.3 Å². The molecule has 0 heterocycles. The molecule has 4 rings (SSSR count). The summed E-state index contributed by atoms with van der Waals surface area (Å²) in [5.74, 6) is 0.703. The van der Waals surface area contributed by atoms with Crippen molar-refractivity contribution in [3.05, 3.63) is 12.2 Å². The highest BCUT2D eigenvalue weighted by atomic mass is 16.5. The SMILES string of the molecule is CC(=O)OC[C@@]12C=C[C@]3(C1)[C@@H](OC(C)=O)C[C@@H]1C(C)(C)CCC[C@@]1(C)[C@@H]3CC2. The van der Waals surface area contributed by atoms with Gasteiger partial charge in [0.15, 0.2) is 0 Å². The van der Waals surface area contributed by atoms with Crippen molar-refractivity contribution in [2.45, 2.75) is 85.7 Å². The van der Waals surface area contributed by atoms with Crippen LogP contribution in [-0.4, -0.2) is 24.6 Å². The second kappa shape index (κ2) is 6.34. The Hall–Kier alpha value is -1.32. The maximum Gasteiger partial charge on any atom is 0.302 e. The van der Waals surface area contributed by atoms with Gasteiger partial charge in [0.25, 0.3) is 0 Å². The molecule has 4 aliphatic rings. The number of ether oxygens (including phenoxy) is 2. The minimum Gasteiger partial charge on any atom is -0.465 e. The summed E-state index contributed by atoms with van der Waals surface area (Å²) in [5, 5.41) is 0. The summed E-state index contributed by atoms with van der Waals surface area (Å²) in [6, 6.07) is 0. The van der Waals surface area contributed by atoms with E-state index in [-0.39, 0.29) is 39.7 Å². The molecule has 156 valence electrons. The van der Waals surface area contributed by atoms with Gasteiger partial charge >= 0.3 is 11.9 Å². The average molecular weight is 389 g/mol. The van der Waals surface area contributed by atoms with Crippen LogP contribution >= 0.6 is 0 Å². The van der Waals surface area contributed by atoms with Crippen LogP contribution < -0.4 is 0 Å². The standard InChI is InChI=1S/C24H36O4/c1-16(25)27-15-23-10-7-18-22(5)9-6-8-21(3,4)19(22)13-20(28-17(2)26)24(18,14-23)12-11-23/h11-12,18-20H,6-10,13-15H2,1-5H3/t18-,19+,20-,22-,23-,24+/m0/s1. The highest BCUT2D eigenvalue weighted by Crippen LogP contribution is 2.72. The Bertz CT molecular complexity index is 709. The number of fused-ring (bicyclic) bond motifs is 3. The van der Waals surface area contributed by atoms with Crippen molar-refractivity contribution in [3.63, 3.8) is 0 Å². The first-order chi connectivity index (χ1) is 13.0. The minimum atomic E-state index is -0.216. The third-order valence-electron chi connectivity index (χ3n) is 8.98. The van der Waals surface area contributed by atoms with Crippen molar-refractivity contribution in [2.75, 3.05) is 6.61 Å². The number of hydrogen-bond donors (Lipinski definition) is 0. The van der Waals surface area contributed by atoms with Crippen molar-refractivity contribution in [1.29, 1.82) is 0 Å². The first-order valence-corrected chi connectivity index (χ1v) is 11.0. The van der Waals surface area contributed by atoms with E-state index in [1.165, 1.54) is 26.2 Å². The molecular weight excluding hydrogens is 352 g/mol. The molecule has 28 heavy (non-hydrogen) atoms. The van der Waals surface area contributed by atoms with E-state index in [1.807, 2.05) is 0 Å². The fourth-order valence-electron chi connectivity index (χ4n) is 7.94. The average Bonchev–Trinajstić information content (AvgIpc) is 2.87. The molecule has 0 aromatic carbocycles. The lowest BCUT2D eigenvalue weighted by Gasteiger charge is -2.66. The normalized spacial score (nSPS) is 45.7. The number of carbonyl (C=O) groups excluding carboxylic acids is 2. The fraction of sp³-hybridized carbons (Fsp3) is 0.833. The lowest BCUT2D eigenvalue weighted by Crippen LogP contribution is -2.62. The van der Waals surface area contributed by atoms with E-state index in [1.54, 1.807) is 6.92 Å². The predicted octanol–water partition coefficient (Wildman–Crippen LogP) is 5.06. The topological polar surface area (TPSA) is 52.6 Å². The van der Waals surface area contributed by atoms with Crippen molar-refractivity contribution in [3.8, 4) is 0 Å². The highest BCUT2D eigenvalue weighted by molar-refractivity contribution is 5.66. The molecule has 3 fully saturated rings. The third-order valence-corrected chi connectivity index (χ3v) is 8.98. The summed E-state index contributed by atoms with van der Waals surface area (Å²) in [6.07, 6.45) is 12.5. The van der Waals surface area contributed by atoms with Gasteiger partial charge in [-0.25, -0.2) is 0 Å². The van der Waals surface area contributed by atoms with Gasteiger partial charge in [-0.2, -0.15) is 0 Å². The molecule has 1 spiro atoms. The van der Waals surface area contributed by atoms with Crippen LogP contribution in [-0.2, 0) is 19.1 Å². The number of hydrogen-bond acceptors (Lipinski definition) is 4. The van der Waals surface area contributed by atoms with Crippen LogP contribution in [0.1, 0.15) is 79.6 Å². The van der Waals surface area contributed by atoms with Gasteiger partial charge in [0, 0.05) is 24.7 Å². The van der Waals surface area contributed by atoms with E-state index in [4.69, 9.17) is 9.47 Å². The van der Waals surface area contributed by atoms with Gasteiger partial charge in [0.1, 0.15) is 12.7 Å². The zero-order valence-electron chi connectivity index (χ0n) is 18.2. The second-order valence-corrected chi connectivity index (χ2v) is 11.1. The van der Waals surface area contributed by atoms with Gasteiger partial charge in [-0.05, 0) is 61.2 Å². The monoisotopic (exact) mass is 388 g/mol. The number of carbonyl (C=O) groups is 2. The Morgan fingerprint density at radius 3 is 2.43 bits per heavy atom. The minimum absolute atomic E-state index is 0.0683. The summed E-state index contributed by atoms with van der Waals surface area (Å²) in [7, 11) is 0. The largest absolute Gasteiger partial charge is 0.465 e. The van der Waals surface area contributed by atoms with Crippen LogP contribution in [0.4, 0.5) is 0 Å². The molecule has 0 aliphatic heterocycles. The van der Waals surface area contributed by atoms with Crippen molar-refractivity contribution in [1.82, 2.24) is 0 Å². The lowest BCUT2D eigenvalue weighted by atomic mass is 9.39. The summed E-state index contributed by atoms with van der Waals surface area (Å²) in [4.78, 5) is 23.5. The maximum atomic E-state index is 12.0. The summed E-state index contributed by atoms with van der Waals surface area (Å²) in [5.41, 5.74) is 0.360. The second-order valence-electron chi connectivity index (χ2n) is 11.1. The Morgan fingerprint density at radius 2 is 1.75 bits per heavy atom. The Labute approximate surface area is 169 Å². The molecule has 4 heteroatoms. The fourth-order valence-corrected chi connectivity index (χ4v) is 7.94. The van der Waals surface area contributed by atoms with Gasteiger partial charge in [0.2, 0.25) is 0 Å². The molecule has 0 unspecified atom stereocenters. The van der Waals surface area contributed by atoms with Crippen LogP contribution in [0.15, 0.2) is 12.2 Å². The van der Waals surface area contributed by atoms with Crippen molar-refractivity contribution < 1.29 is 19.1 Å². The van der Waals surface area contributed by atoms with Crippen LogP contribution in [0.25, 0.3) is 0 Å². The lowest BCUT2D eigenvalue weighted by molar-refractivity contribution is -0.209. The molecule has 4 nitrogen and oxygen atoms in total. The van der Waals surface area contributed by atoms with E-state index in [0.717, 1.165) is 25.7 Å². The first-order valence-electron chi connectivity index (χ1n) is 11.0. The quantitative estimate of drug-likeness (QED) is 0.501. The molecule has 0 N–H and O–H groups in total. The molecule has 2 bridgehead atoms. The van der Waals surface area contributed by atoms with Crippen molar-refractivity contribution in [2.24, 2.45) is 33.5 Å². The van der Waals surface area contributed by atoms with Gasteiger partial charge in [0.05, 0.1) is 0 Å². The molecule has 0 saturated heterocycles. The van der Waals surface area contributed by atoms with E-state index in [9.17, 15) is 9.59 Å². The van der Waals surface area contributed by atoms with Crippen LogP contribution in [0, 0.1) is 33.5 Å². The molecule has 0 aromatic rings. The molecule has 4 aliphatic carbocycles. The smallest absolute Gasteiger partial charge is 0.302 e. The predicted molar refractivity (Wildman–Crippen MR) is 107 cm³/mol. The number of esters is 2. The summed E-state index contributed by atoms with van der Waals surface area (Å²) < 4.78 is 11.5. The van der Waals surface area contributed by atoms with Gasteiger partial charge in [-0.15, -0.1) is 0 Å². The van der Waals surface area contributed by atoms with Crippen LogP contribution in [0.5, 0.6) is 0 Å². The van der Waals surface area contributed by atoms with E-state index < -0.39 is 0 Å². The summed E-state index contributed by atoms with van der Waals surface area (Å²) in [6.45, 7) is 10.8. The Morgan fingerprint density at radius 1 is 1.00 bits per heavy atom. The highest BCUT2D eigenvalue weighted by Gasteiger charge is 2.67. The molecule has 3 saturated carbocycles. The molecule has 0 aromatic heterocycles. The maximum absolute atomic E-state index is 12.0. The molecule has 0 radical (unpaired) electrons. The van der Waals surface area contributed by atoms with Gasteiger partial charge in [-0.3, -0.25) is 9.59 Å². The Balaban J connectivity index is 1.72. The molecule has 0 amide bonds. The van der Waals surface area contributed by atoms with E-state index in [0.29, 0.717) is 18.4 Å². The molecule has 6 atom stereocenters. The Kier molecular flexibility index (Phi) is 4.52. The zero-order valence-corrected chi connectivity index (χ0v) is 18.2. The van der Waals surface area contributed by atoms with Gasteiger partial charge < -0.3 is 9.47 Å². The van der Waals surface area contributed by atoms with E-state index >= 15 is 0 Å². The van der Waals surface area contributed by atoms with E-state index in [2.05, 4.69) is 32.9 Å².